The van der Waals surface area contributed by atoms with Gasteiger partial charge in [-0.15, -0.1) is 0 Å². The Morgan fingerprint density at radius 2 is 1.92 bits per heavy atom. The normalized spacial score (nSPS) is 16.1. The fourth-order valence-corrected chi connectivity index (χ4v) is 3.37. The molecule has 2 aromatic carbocycles. The van der Waals surface area contributed by atoms with E-state index in [0.29, 0.717) is 18.7 Å². The molecule has 134 valence electrons. The van der Waals surface area contributed by atoms with E-state index in [-0.39, 0.29) is 6.04 Å². The molecule has 1 N–H and O–H groups in total. The highest BCUT2D eigenvalue weighted by Gasteiger charge is 2.23. The van der Waals surface area contributed by atoms with Gasteiger partial charge in [-0.3, -0.25) is 4.90 Å². The van der Waals surface area contributed by atoms with Crippen molar-refractivity contribution < 1.29 is 13.5 Å². The molecular weight excluding hydrogens is 322 g/mol. The summed E-state index contributed by atoms with van der Waals surface area (Å²) in [5.74, 6) is -0.217. The summed E-state index contributed by atoms with van der Waals surface area (Å²) in [6, 6.07) is 12.0. The van der Waals surface area contributed by atoms with Gasteiger partial charge < -0.3 is 10.1 Å². The zero-order chi connectivity index (χ0) is 17.6. The lowest BCUT2D eigenvalue weighted by Crippen LogP contribution is -2.34. The number of hydrogen-bond donors (Lipinski definition) is 1. The molecule has 2 aromatic rings. The SMILES string of the molecule is COc1cccc(C(CNCc2ccc(F)cc2F)N2CCCC2)c1. The molecule has 1 fully saturated rings. The molecule has 0 bridgehead atoms. The second-order valence-electron chi connectivity index (χ2n) is 6.40. The van der Waals surface area contributed by atoms with Crippen LogP contribution in [0.25, 0.3) is 0 Å². The van der Waals surface area contributed by atoms with E-state index in [1.54, 1.807) is 7.11 Å². The van der Waals surface area contributed by atoms with E-state index in [0.717, 1.165) is 24.9 Å². The van der Waals surface area contributed by atoms with E-state index in [4.69, 9.17) is 4.74 Å². The van der Waals surface area contributed by atoms with E-state index in [2.05, 4.69) is 22.3 Å². The molecule has 0 amide bonds. The number of benzene rings is 2. The third-order valence-corrected chi connectivity index (χ3v) is 4.73. The van der Waals surface area contributed by atoms with Crippen molar-refractivity contribution in [1.82, 2.24) is 10.2 Å². The predicted octanol–water partition coefficient (Wildman–Crippen LogP) is 3.90. The summed E-state index contributed by atoms with van der Waals surface area (Å²) in [4.78, 5) is 2.45. The predicted molar refractivity (Wildman–Crippen MR) is 94.6 cm³/mol. The van der Waals surface area contributed by atoms with Crippen molar-refractivity contribution in [2.45, 2.75) is 25.4 Å². The van der Waals surface area contributed by atoms with Crippen molar-refractivity contribution in [2.75, 3.05) is 26.7 Å². The number of methoxy groups -OCH3 is 1. The van der Waals surface area contributed by atoms with Gasteiger partial charge in [0.25, 0.3) is 0 Å². The maximum atomic E-state index is 13.8. The fraction of sp³-hybridized carbons (Fsp3) is 0.400. The van der Waals surface area contributed by atoms with E-state index in [1.807, 2.05) is 12.1 Å². The summed E-state index contributed by atoms with van der Waals surface area (Å²) in [6.45, 7) is 3.20. The molecule has 25 heavy (non-hydrogen) atoms. The summed E-state index contributed by atoms with van der Waals surface area (Å²) in [7, 11) is 1.67. The van der Waals surface area contributed by atoms with Gasteiger partial charge in [-0.05, 0) is 49.7 Å². The molecule has 1 unspecified atom stereocenters. The Morgan fingerprint density at radius 1 is 1.12 bits per heavy atom. The molecule has 1 atom stereocenters. The monoisotopic (exact) mass is 346 g/mol. The van der Waals surface area contributed by atoms with Crippen LogP contribution in [0.1, 0.15) is 30.0 Å². The maximum absolute atomic E-state index is 13.8. The Bertz CT molecular complexity index is 702. The minimum atomic E-state index is -0.549. The Hall–Kier alpha value is -1.98. The molecule has 1 aliphatic rings. The summed E-state index contributed by atoms with van der Waals surface area (Å²) >= 11 is 0. The molecule has 3 nitrogen and oxygen atoms in total. The minimum Gasteiger partial charge on any atom is -0.497 e. The average molecular weight is 346 g/mol. The number of hydrogen-bond acceptors (Lipinski definition) is 3. The second-order valence-corrected chi connectivity index (χ2v) is 6.40. The lowest BCUT2D eigenvalue weighted by atomic mass is 10.0. The molecule has 0 aliphatic carbocycles. The number of ether oxygens (including phenoxy) is 1. The Morgan fingerprint density at radius 3 is 2.64 bits per heavy atom. The van der Waals surface area contributed by atoms with Gasteiger partial charge in [-0.2, -0.15) is 0 Å². The molecule has 0 aromatic heterocycles. The van der Waals surface area contributed by atoms with Crippen LogP contribution in [0.4, 0.5) is 8.78 Å². The van der Waals surface area contributed by atoms with Crippen LogP contribution in [0.2, 0.25) is 0 Å². The molecule has 0 saturated carbocycles. The van der Waals surface area contributed by atoms with Crippen molar-refractivity contribution in [3.8, 4) is 5.75 Å². The maximum Gasteiger partial charge on any atom is 0.130 e. The van der Waals surface area contributed by atoms with Gasteiger partial charge in [-0.25, -0.2) is 8.78 Å². The van der Waals surface area contributed by atoms with Crippen LogP contribution in [0.5, 0.6) is 5.75 Å². The van der Waals surface area contributed by atoms with Crippen LogP contribution < -0.4 is 10.1 Å². The highest BCUT2D eigenvalue weighted by atomic mass is 19.1. The molecule has 1 aliphatic heterocycles. The van der Waals surface area contributed by atoms with Crippen LogP contribution >= 0.6 is 0 Å². The van der Waals surface area contributed by atoms with Gasteiger partial charge in [-0.1, -0.05) is 18.2 Å². The Kier molecular flexibility index (Phi) is 6.00. The third kappa shape index (κ3) is 4.55. The second kappa shape index (κ2) is 8.41. The highest BCUT2D eigenvalue weighted by molar-refractivity contribution is 5.31. The topological polar surface area (TPSA) is 24.5 Å². The van der Waals surface area contributed by atoms with E-state index < -0.39 is 11.6 Å². The third-order valence-electron chi connectivity index (χ3n) is 4.73. The molecule has 1 saturated heterocycles. The van der Waals surface area contributed by atoms with Gasteiger partial charge in [0.15, 0.2) is 0 Å². The van der Waals surface area contributed by atoms with Crippen molar-refractivity contribution in [2.24, 2.45) is 0 Å². The van der Waals surface area contributed by atoms with Gasteiger partial charge >= 0.3 is 0 Å². The standard InChI is InChI=1S/C20H24F2N2O/c1-25-18-6-4-5-15(11-18)20(24-9-2-3-10-24)14-23-13-16-7-8-17(21)12-19(16)22/h4-8,11-12,20,23H,2-3,9-10,13-14H2,1H3. The van der Waals surface area contributed by atoms with E-state index in [1.165, 1.54) is 30.5 Å². The smallest absolute Gasteiger partial charge is 0.130 e. The first-order valence-corrected chi connectivity index (χ1v) is 8.70. The molecule has 3 rings (SSSR count). The van der Waals surface area contributed by atoms with Crippen LogP contribution in [0, 0.1) is 11.6 Å². The van der Waals surface area contributed by atoms with Crippen molar-refractivity contribution in [1.29, 1.82) is 0 Å². The summed E-state index contributed by atoms with van der Waals surface area (Å²) in [5, 5.41) is 3.33. The van der Waals surface area contributed by atoms with E-state index in [9.17, 15) is 8.78 Å². The van der Waals surface area contributed by atoms with Crippen molar-refractivity contribution >= 4 is 0 Å². The van der Waals surface area contributed by atoms with Crippen molar-refractivity contribution in [3.05, 3.63) is 65.2 Å². The first-order valence-electron chi connectivity index (χ1n) is 8.70. The number of nitrogens with zero attached hydrogens (tertiary/aromatic N) is 1. The zero-order valence-electron chi connectivity index (χ0n) is 14.5. The summed E-state index contributed by atoms with van der Waals surface area (Å²) < 4.78 is 32.2. The largest absolute Gasteiger partial charge is 0.497 e. The lowest BCUT2D eigenvalue weighted by Gasteiger charge is -2.28. The van der Waals surface area contributed by atoms with Crippen LogP contribution in [0.15, 0.2) is 42.5 Å². The summed E-state index contributed by atoms with van der Waals surface area (Å²) in [6.07, 6.45) is 2.40. The Labute approximate surface area is 147 Å². The van der Waals surface area contributed by atoms with Gasteiger partial charge in [0.1, 0.15) is 17.4 Å². The fourth-order valence-electron chi connectivity index (χ4n) is 3.37. The number of halogens is 2. The number of likely N-dealkylation sites (tertiary alicyclic amines) is 1. The van der Waals surface area contributed by atoms with Gasteiger partial charge in [0, 0.05) is 30.8 Å². The van der Waals surface area contributed by atoms with Gasteiger partial charge in [0.2, 0.25) is 0 Å². The molecule has 1 heterocycles. The highest BCUT2D eigenvalue weighted by Crippen LogP contribution is 2.27. The first kappa shape index (κ1) is 17.8. The van der Waals surface area contributed by atoms with Crippen LogP contribution in [-0.2, 0) is 6.54 Å². The van der Waals surface area contributed by atoms with Crippen molar-refractivity contribution in [3.63, 3.8) is 0 Å². The zero-order valence-corrected chi connectivity index (χ0v) is 14.5. The first-order chi connectivity index (χ1) is 12.2. The average Bonchev–Trinajstić information content (AvgIpc) is 3.14. The Balaban J connectivity index is 1.69. The summed E-state index contributed by atoms with van der Waals surface area (Å²) in [5.41, 5.74) is 1.67. The van der Waals surface area contributed by atoms with Crippen LogP contribution in [0.3, 0.4) is 0 Å². The van der Waals surface area contributed by atoms with Gasteiger partial charge in [0.05, 0.1) is 7.11 Å². The molecular formula is C20H24F2N2O. The van der Waals surface area contributed by atoms with Crippen LogP contribution in [-0.4, -0.2) is 31.6 Å². The number of rotatable bonds is 7. The number of nitrogens with one attached hydrogen (secondary N) is 1. The molecule has 0 spiro atoms. The quantitative estimate of drug-likeness (QED) is 0.823. The van der Waals surface area contributed by atoms with E-state index >= 15 is 0 Å². The molecule has 5 heteroatoms. The minimum absolute atomic E-state index is 0.209. The lowest BCUT2D eigenvalue weighted by molar-refractivity contribution is 0.237. The molecule has 0 radical (unpaired) electrons.